The Morgan fingerprint density at radius 2 is 0.868 bits per heavy atom. The smallest absolute Gasteiger partial charge is 0.125 e. The number of nitrogens with zero attached hydrogens (tertiary/aromatic N) is 4. The van der Waals surface area contributed by atoms with Gasteiger partial charge in [-0.15, -0.1) is 0 Å². The molecule has 38 heavy (non-hydrogen) atoms. The second kappa shape index (κ2) is 8.74. The van der Waals surface area contributed by atoms with Crippen molar-refractivity contribution in [3.05, 3.63) is 46.8 Å². The van der Waals surface area contributed by atoms with Crippen molar-refractivity contribution in [2.24, 2.45) is 35.5 Å². The van der Waals surface area contributed by atoms with E-state index in [2.05, 4.69) is 24.3 Å². The molecule has 8 bridgehead atoms. The summed E-state index contributed by atoms with van der Waals surface area (Å²) in [6, 6.07) is 13.0. The molecule has 0 atom stereocenters. The van der Waals surface area contributed by atoms with Gasteiger partial charge in [-0.3, -0.25) is 0 Å². The van der Waals surface area contributed by atoms with E-state index in [0.717, 1.165) is 45.6 Å². The first kappa shape index (κ1) is 23.8. The fourth-order valence-electron chi connectivity index (χ4n) is 10.7. The molecule has 2 aromatic rings. The average Bonchev–Trinajstić information content (AvgIpc) is 2.90. The van der Waals surface area contributed by atoms with Crippen LogP contribution < -0.4 is 0 Å². The Morgan fingerprint density at radius 3 is 1.16 bits per heavy atom. The van der Waals surface area contributed by atoms with Gasteiger partial charge >= 0.3 is 0 Å². The highest BCUT2D eigenvalue weighted by atomic mass is 33.1. The zero-order valence-electron chi connectivity index (χ0n) is 21.9. The first-order valence-electron chi connectivity index (χ1n) is 14.7. The average molecular weight is 539 g/mol. The van der Waals surface area contributed by atoms with Gasteiger partial charge in [0.15, 0.2) is 0 Å². The Labute approximate surface area is 233 Å². The SMILES string of the molecule is N#Cc1ccc(C23CC4CC(CC(C4)C2)C3)nc1SSc1nc(C23CC4CC(CC(C4)C2)C3)ccc1C#N. The molecule has 0 radical (unpaired) electrons. The van der Waals surface area contributed by atoms with Crippen LogP contribution in [0.25, 0.3) is 0 Å². The third kappa shape index (κ3) is 3.77. The monoisotopic (exact) mass is 538 g/mol. The molecule has 6 heteroatoms. The van der Waals surface area contributed by atoms with E-state index in [0.29, 0.717) is 11.1 Å². The molecule has 2 aromatic heterocycles. The van der Waals surface area contributed by atoms with Crippen LogP contribution in [0.4, 0.5) is 0 Å². The van der Waals surface area contributed by atoms with E-state index < -0.39 is 0 Å². The van der Waals surface area contributed by atoms with Crippen LogP contribution in [0.5, 0.6) is 0 Å². The van der Waals surface area contributed by atoms with Gasteiger partial charge in [-0.25, -0.2) is 9.97 Å². The Morgan fingerprint density at radius 1 is 0.553 bits per heavy atom. The van der Waals surface area contributed by atoms with Crippen LogP contribution in [0.15, 0.2) is 34.3 Å². The van der Waals surface area contributed by atoms with Gasteiger partial charge in [0.05, 0.1) is 11.1 Å². The first-order valence-corrected chi connectivity index (χ1v) is 16.9. The van der Waals surface area contributed by atoms with Crippen molar-refractivity contribution in [1.82, 2.24) is 9.97 Å². The van der Waals surface area contributed by atoms with Crippen molar-refractivity contribution in [2.45, 2.75) is 97.9 Å². The van der Waals surface area contributed by atoms with Gasteiger partial charge in [0.1, 0.15) is 22.2 Å². The minimum absolute atomic E-state index is 0.206. The summed E-state index contributed by atoms with van der Waals surface area (Å²) in [7, 11) is 3.06. The van der Waals surface area contributed by atoms with E-state index in [-0.39, 0.29) is 10.8 Å². The molecule has 4 nitrogen and oxygen atoms in total. The number of aromatic nitrogens is 2. The van der Waals surface area contributed by atoms with Crippen molar-refractivity contribution in [3.63, 3.8) is 0 Å². The van der Waals surface area contributed by atoms with Gasteiger partial charge in [-0.2, -0.15) is 10.5 Å². The summed E-state index contributed by atoms with van der Waals surface area (Å²) in [5, 5.41) is 21.4. The molecule has 8 aliphatic carbocycles. The normalized spacial score (nSPS) is 39.7. The van der Waals surface area contributed by atoms with Crippen LogP contribution >= 0.6 is 21.6 Å². The summed E-state index contributed by atoms with van der Waals surface area (Å²) in [5.74, 6) is 5.16. The molecule has 8 fully saturated rings. The number of rotatable bonds is 5. The van der Waals surface area contributed by atoms with Gasteiger partial charge in [-0.05, 0) is 158 Å². The highest BCUT2D eigenvalue weighted by molar-refractivity contribution is 8.76. The second-order valence-electron chi connectivity index (χ2n) is 13.9. The Hall–Kier alpha value is -2.02. The zero-order chi connectivity index (χ0) is 25.5. The zero-order valence-corrected chi connectivity index (χ0v) is 23.5. The summed E-state index contributed by atoms with van der Waals surface area (Å²) < 4.78 is 0. The highest BCUT2D eigenvalue weighted by Crippen LogP contribution is 2.62. The molecular weight excluding hydrogens is 505 g/mol. The lowest BCUT2D eigenvalue weighted by atomic mass is 9.49. The molecular formula is C32H34N4S2. The van der Waals surface area contributed by atoms with Crippen molar-refractivity contribution < 1.29 is 0 Å². The van der Waals surface area contributed by atoms with Gasteiger partial charge in [0, 0.05) is 22.2 Å². The highest BCUT2D eigenvalue weighted by Gasteiger charge is 2.53. The molecule has 8 saturated carbocycles. The van der Waals surface area contributed by atoms with E-state index in [1.165, 1.54) is 110 Å². The van der Waals surface area contributed by atoms with Crippen molar-refractivity contribution >= 4 is 21.6 Å². The minimum Gasteiger partial charge on any atom is -0.244 e. The minimum atomic E-state index is 0.206. The molecule has 0 saturated heterocycles. The standard InChI is InChI=1S/C32H34N4S2/c33-17-25-1-3-27(31-11-19-5-20(12-31)7-21(6-19)13-31)35-29(25)37-38-30-26(18-34)2-4-28(36-30)32-14-22-8-23(15-32)10-24(9-22)16-32/h1-4,19-24H,5-16H2. The van der Waals surface area contributed by atoms with Crippen LogP contribution in [0.2, 0.25) is 0 Å². The summed E-state index contributed by atoms with van der Waals surface area (Å²) in [6.45, 7) is 0. The predicted molar refractivity (Wildman–Crippen MR) is 149 cm³/mol. The largest absolute Gasteiger partial charge is 0.244 e. The molecule has 2 heterocycles. The third-order valence-electron chi connectivity index (χ3n) is 11.3. The van der Waals surface area contributed by atoms with E-state index >= 15 is 0 Å². The molecule has 0 aromatic carbocycles. The fraction of sp³-hybridized carbons (Fsp3) is 0.625. The van der Waals surface area contributed by atoms with Crippen molar-refractivity contribution in [3.8, 4) is 12.1 Å². The van der Waals surface area contributed by atoms with Gasteiger partial charge in [0.2, 0.25) is 0 Å². The Balaban J connectivity index is 1.09. The maximum atomic E-state index is 9.90. The van der Waals surface area contributed by atoms with Gasteiger partial charge in [-0.1, -0.05) is 0 Å². The molecule has 10 rings (SSSR count). The predicted octanol–water partition coefficient (Wildman–Crippen LogP) is 7.95. The molecule has 0 amide bonds. The van der Waals surface area contributed by atoms with Crippen molar-refractivity contribution in [1.29, 1.82) is 10.5 Å². The maximum Gasteiger partial charge on any atom is 0.125 e. The molecule has 8 aliphatic rings. The number of hydrogen-bond donors (Lipinski definition) is 0. The van der Waals surface area contributed by atoms with E-state index in [1.54, 1.807) is 0 Å². The summed E-state index contributed by atoms with van der Waals surface area (Å²) >= 11 is 0. The molecule has 0 spiro atoms. The molecule has 0 N–H and O–H groups in total. The van der Waals surface area contributed by atoms with Crippen LogP contribution in [-0.4, -0.2) is 9.97 Å². The fourth-order valence-corrected chi connectivity index (χ4v) is 12.8. The maximum absolute atomic E-state index is 9.90. The number of nitriles is 2. The Bertz CT molecular complexity index is 1210. The van der Waals surface area contributed by atoms with Crippen molar-refractivity contribution in [2.75, 3.05) is 0 Å². The number of pyridine rings is 2. The molecule has 0 unspecified atom stereocenters. The second-order valence-corrected chi connectivity index (χ2v) is 16.0. The molecule has 0 aliphatic heterocycles. The topological polar surface area (TPSA) is 73.4 Å². The van der Waals surface area contributed by atoms with Crippen LogP contribution in [-0.2, 0) is 10.8 Å². The van der Waals surface area contributed by atoms with Crippen LogP contribution in [0.3, 0.4) is 0 Å². The van der Waals surface area contributed by atoms with E-state index in [1.807, 2.05) is 12.1 Å². The summed E-state index contributed by atoms with van der Waals surface area (Å²) in [6.07, 6.45) is 16.1. The van der Waals surface area contributed by atoms with Gasteiger partial charge < -0.3 is 0 Å². The van der Waals surface area contributed by atoms with Crippen LogP contribution in [0.1, 0.15) is 99.6 Å². The van der Waals surface area contributed by atoms with E-state index in [4.69, 9.17) is 9.97 Å². The Kier molecular flexibility index (Phi) is 5.48. The summed E-state index contributed by atoms with van der Waals surface area (Å²) in [5.41, 5.74) is 4.08. The lowest BCUT2D eigenvalue weighted by Crippen LogP contribution is -2.49. The quantitative estimate of drug-likeness (QED) is 0.360. The van der Waals surface area contributed by atoms with Crippen LogP contribution in [0, 0.1) is 58.2 Å². The van der Waals surface area contributed by atoms with Gasteiger partial charge in [0.25, 0.3) is 0 Å². The third-order valence-corrected chi connectivity index (χ3v) is 13.5. The summed E-state index contributed by atoms with van der Waals surface area (Å²) in [4.78, 5) is 10.4. The lowest BCUT2D eigenvalue weighted by Gasteiger charge is -2.56. The number of hydrogen-bond acceptors (Lipinski definition) is 6. The first-order chi connectivity index (χ1) is 18.5. The van der Waals surface area contributed by atoms with E-state index in [9.17, 15) is 10.5 Å². The molecule has 194 valence electrons. The lowest BCUT2D eigenvalue weighted by molar-refractivity contribution is -0.00756.